The Balaban J connectivity index is 1.10. The number of amides is 3. The van der Waals surface area contributed by atoms with Gasteiger partial charge in [0.05, 0.1) is 12.1 Å². The van der Waals surface area contributed by atoms with Crippen LogP contribution in [0.4, 0.5) is 4.39 Å². The van der Waals surface area contributed by atoms with Crippen molar-refractivity contribution in [1.82, 2.24) is 20.0 Å². The van der Waals surface area contributed by atoms with E-state index >= 15 is 0 Å². The van der Waals surface area contributed by atoms with Crippen molar-refractivity contribution in [2.75, 3.05) is 58.9 Å². The molecule has 230 valence electrons. The van der Waals surface area contributed by atoms with E-state index in [9.17, 15) is 18.8 Å². The summed E-state index contributed by atoms with van der Waals surface area (Å²) in [5.41, 5.74) is 6.80. The number of nitrogens with zero attached hydrogens (tertiary/aromatic N) is 3. The molecule has 0 saturated carbocycles. The first-order valence-electron chi connectivity index (χ1n) is 15.5. The largest absolute Gasteiger partial charge is 0.366 e. The van der Waals surface area contributed by atoms with Gasteiger partial charge in [0.2, 0.25) is 11.8 Å². The SMILES string of the molecule is N=C(Cc1ccc(F)c(C(=O)N2CCN(C(=O)CN3CCC(CC4CCNCC4)CC3)CC2)c1)c1ccccc1C(N)=O. The highest BCUT2D eigenvalue weighted by atomic mass is 19.1. The molecule has 3 heterocycles. The molecule has 10 heteroatoms. The molecule has 3 saturated heterocycles. The number of piperidine rings is 2. The Morgan fingerprint density at radius 2 is 1.47 bits per heavy atom. The third kappa shape index (κ3) is 7.86. The first kappa shape index (κ1) is 30.8. The zero-order valence-corrected chi connectivity index (χ0v) is 24.8. The number of nitrogens with two attached hydrogens (primary N) is 1. The van der Waals surface area contributed by atoms with Crippen LogP contribution in [0.2, 0.25) is 0 Å². The summed E-state index contributed by atoms with van der Waals surface area (Å²) < 4.78 is 14.8. The summed E-state index contributed by atoms with van der Waals surface area (Å²) >= 11 is 0. The maximum absolute atomic E-state index is 14.8. The molecule has 0 unspecified atom stereocenters. The average Bonchev–Trinajstić information content (AvgIpc) is 3.03. The van der Waals surface area contributed by atoms with Gasteiger partial charge in [-0.3, -0.25) is 19.3 Å². The molecule has 0 aromatic heterocycles. The number of halogens is 1. The smallest absolute Gasteiger partial charge is 0.256 e. The number of carbonyl (C=O) groups excluding carboxylic acids is 3. The molecular weight excluding hydrogens is 547 g/mol. The van der Waals surface area contributed by atoms with Crippen molar-refractivity contribution in [3.63, 3.8) is 0 Å². The third-order valence-corrected chi connectivity index (χ3v) is 9.27. The van der Waals surface area contributed by atoms with Crippen molar-refractivity contribution in [2.45, 2.75) is 38.5 Å². The summed E-state index contributed by atoms with van der Waals surface area (Å²) in [6.45, 7) is 6.14. The van der Waals surface area contributed by atoms with Crippen LogP contribution in [0.5, 0.6) is 0 Å². The van der Waals surface area contributed by atoms with Gasteiger partial charge in [0, 0.05) is 49.4 Å². The number of carbonyl (C=O) groups is 3. The van der Waals surface area contributed by atoms with Gasteiger partial charge in [0.15, 0.2) is 0 Å². The molecule has 0 radical (unpaired) electrons. The quantitative estimate of drug-likeness (QED) is 0.388. The topological polar surface area (TPSA) is 123 Å². The van der Waals surface area contributed by atoms with E-state index in [1.54, 1.807) is 35.2 Å². The lowest BCUT2D eigenvalue weighted by atomic mass is 9.83. The van der Waals surface area contributed by atoms with E-state index in [1.165, 1.54) is 31.4 Å². The molecular formula is C33H43FN6O3. The molecule has 9 nitrogen and oxygen atoms in total. The Kier molecular flexibility index (Phi) is 10.2. The Morgan fingerprint density at radius 3 is 2.14 bits per heavy atom. The molecule has 0 atom stereocenters. The highest BCUT2D eigenvalue weighted by Crippen LogP contribution is 2.28. The summed E-state index contributed by atoms with van der Waals surface area (Å²) in [5, 5.41) is 11.9. The first-order valence-corrected chi connectivity index (χ1v) is 15.5. The standard InChI is InChI=1S/C33H43FN6O3/c34-29-6-5-25(21-30(35)26-3-1-2-4-27(26)32(36)42)20-28(29)33(43)40-17-15-39(16-18-40)31(41)22-38-13-9-24(10-14-38)19-23-7-11-37-12-8-23/h1-6,20,23-24,35,37H,7-19,21-22H2,(H2,36,42). The summed E-state index contributed by atoms with van der Waals surface area (Å²) in [4.78, 5) is 43.8. The second kappa shape index (κ2) is 14.2. The summed E-state index contributed by atoms with van der Waals surface area (Å²) in [5.74, 6) is 0.0200. The summed E-state index contributed by atoms with van der Waals surface area (Å²) in [7, 11) is 0. The lowest BCUT2D eigenvalue weighted by Gasteiger charge is -2.38. The zero-order valence-electron chi connectivity index (χ0n) is 24.8. The monoisotopic (exact) mass is 590 g/mol. The Hall–Kier alpha value is -3.63. The number of benzene rings is 2. The molecule has 2 aromatic carbocycles. The normalized spacial score (nSPS) is 18.9. The molecule has 0 bridgehead atoms. The molecule has 3 aliphatic rings. The van der Waals surface area contributed by atoms with E-state index in [0.717, 1.165) is 50.9 Å². The summed E-state index contributed by atoms with van der Waals surface area (Å²) in [6, 6.07) is 10.9. The first-order chi connectivity index (χ1) is 20.8. The van der Waals surface area contributed by atoms with Crippen LogP contribution in [0.15, 0.2) is 42.5 Å². The van der Waals surface area contributed by atoms with E-state index in [2.05, 4.69) is 10.2 Å². The van der Waals surface area contributed by atoms with Gasteiger partial charge in [-0.1, -0.05) is 24.3 Å². The maximum Gasteiger partial charge on any atom is 0.256 e. The molecule has 0 spiro atoms. The minimum absolute atomic E-state index is 0.0550. The van der Waals surface area contributed by atoms with Crippen molar-refractivity contribution in [2.24, 2.45) is 17.6 Å². The summed E-state index contributed by atoms with van der Waals surface area (Å²) in [6.07, 6.45) is 6.30. The number of likely N-dealkylation sites (tertiary alicyclic amines) is 1. The number of piperazine rings is 1. The van der Waals surface area contributed by atoms with Gasteiger partial charge in [-0.2, -0.15) is 0 Å². The van der Waals surface area contributed by atoms with Crippen LogP contribution in [-0.2, 0) is 11.2 Å². The van der Waals surface area contributed by atoms with Crippen molar-refractivity contribution in [1.29, 1.82) is 5.41 Å². The fourth-order valence-electron chi connectivity index (χ4n) is 6.70. The molecule has 3 amide bonds. The Labute approximate surface area is 253 Å². The molecule has 5 rings (SSSR count). The van der Waals surface area contributed by atoms with E-state index in [4.69, 9.17) is 11.1 Å². The molecule has 0 aliphatic carbocycles. The van der Waals surface area contributed by atoms with Crippen molar-refractivity contribution < 1.29 is 18.8 Å². The second-order valence-corrected chi connectivity index (χ2v) is 12.2. The average molecular weight is 591 g/mol. The predicted octanol–water partition coefficient (Wildman–Crippen LogP) is 2.92. The fourth-order valence-corrected chi connectivity index (χ4v) is 6.70. The van der Waals surface area contributed by atoms with Gasteiger partial charge in [0.25, 0.3) is 5.91 Å². The lowest BCUT2D eigenvalue weighted by Crippen LogP contribution is -2.53. The third-order valence-electron chi connectivity index (χ3n) is 9.27. The van der Waals surface area contributed by atoms with E-state index in [0.29, 0.717) is 43.9 Å². The highest BCUT2D eigenvalue weighted by molar-refractivity contribution is 6.09. The number of primary amides is 1. The van der Waals surface area contributed by atoms with Gasteiger partial charge in [-0.05, 0) is 93.9 Å². The number of rotatable bonds is 9. The van der Waals surface area contributed by atoms with Crippen molar-refractivity contribution in [3.05, 3.63) is 70.5 Å². The van der Waals surface area contributed by atoms with Crippen LogP contribution >= 0.6 is 0 Å². The van der Waals surface area contributed by atoms with Gasteiger partial charge in [-0.15, -0.1) is 0 Å². The number of hydrogen-bond donors (Lipinski definition) is 3. The molecule has 3 fully saturated rings. The van der Waals surface area contributed by atoms with Crippen LogP contribution in [0, 0.1) is 23.1 Å². The minimum atomic E-state index is -0.625. The van der Waals surface area contributed by atoms with Crippen LogP contribution in [0.3, 0.4) is 0 Å². The molecule has 3 aliphatic heterocycles. The van der Waals surface area contributed by atoms with Crippen LogP contribution in [0.25, 0.3) is 0 Å². The van der Waals surface area contributed by atoms with E-state index in [1.807, 2.05) is 4.90 Å². The van der Waals surface area contributed by atoms with Gasteiger partial charge in [0.1, 0.15) is 5.82 Å². The lowest BCUT2D eigenvalue weighted by molar-refractivity contribution is -0.134. The number of nitrogens with one attached hydrogen (secondary N) is 2. The number of hydrogen-bond acceptors (Lipinski definition) is 6. The van der Waals surface area contributed by atoms with Gasteiger partial charge >= 0.3 is 0 Å². The van der Waals surface area contributed by atoms with Crippen LogP contribution in [-0.4, -0.2) is 97.0 Å². The van der Waals surface area contributed by atoms with Gasteiger partial charge < -0.3 is 26.3 Å². The van der Waals surface area contributed by atoms with Crippen LogP contribution < -0.4 is 11.1 Å². The fraction of sp³-hybridized carbons (Fsp3) is 0.515. The predicted molar refractivity (Wildman–Crippen MR) is 164 cm³/mol. The molecule has 2 aromatic rings. The molecule has 43 heavy (non-hydrogen) atoms. The highest BCUT2D eigenvalue weighted by Gasteiger charge is 2.29. The van der Waals surface area contributed by atoms with E-state index < -0.39 is 17.6 Å². The van der Waals surface area contributed by atoms with Crippen molar-refractivity contribution >= 4 is 23.4 Å². The van der Waals surface area contributed by atoms with Crippen LogP contribution in [0.1, 0.15) is 63.9 Å². The van der Waals surface area contributed by atoms with Gasteiger partial charge in [-0.25, -0.2) is 4.39 Å². The molecule has 4 N–H and O–H groups in total. The minimum Gasteiger partial charge on any atom is -0.366 e. The van der Waals surface area contributed by atoms with Crippen molar-refractivity contribution in [3.8, 4) is 0 Å². The Bertz CT molecular complexity index is 1330. The zero-order chi connectivity index (χ0) is 30.3. The Morgan fingerprint density at radius 1 is 0.837 bits per heavy atom. The second-order valence-electron chi connectivity index (χ2n) is 12.2. The van der Waals surface area contributed by atoms with E-state index in [-0.39, 0.29) is 29.2 Å². The maximum atomic E-state index is 14.8.